The Morgan fingerprint density at radius 3 is 2.55 bits per heavy atom. The zero-order valence-corrected chi connectivity index (χ0v) is 29.2. The van der Waals surface area contributed by atoms with Crippen molar-refractivity contribution in [1.82, 2.24) is 0 Å². The topological polar surface area (TPSA) is 65.7 Å². The van der Waals surface area contributed by atoms with E-state index < -0.39 is 0 Å². The van der Waals surface area contributed by atoms with Crippen molar-refractivity contribution in [3.63, 3.8) is 0 Å². The van der Waals surface area contributed by atoms with E-state index in [4.69, 9.17) is 13.9 Å². The average Bonchev–Trinajstić information content (AvgIpc) is 3.41. The van der Waals surface area contributed by atoms with Gasteiger partial charge in [0.1, 0.15) is 17.4 Å². The first-order chi connectivity index (χ1) is 22.6. The molecular weight excluding hydrogens is 584 g/mol. The predicted molar refractivity (Wildman–Crippen MR) is 188 cm³/mol. The van der Waals surface area contributed by atoms with Crippen LogP contribution in [0.1, 0.15) is 105 Å². The molecule has 5 heteroatoms. The zero-order valence-electron chi connectivity index (χ0n) is 29.2. The van der Waals surface area contributed by atoms with E-state index >= 15 is 0 Å². The van der Waals surface area contributed by atoms with E-state index in [1.54, 1.807) is 12.1 Å². The van der Waals surface area contributed by atoms with Gasteiger partial charge in [-0.3, -0.25) is 0 Å². The van der Waals surface area contributed by atoms with Crippen molar-refractivity contribution >= 4 is 27.7 Å². The maximum atomic E-state index is 12.9. The lowest BCUT2D eigenvalue weighted by atomic mass is 9.47. The molecule has 0 bridgehead atoms. The summed E-state index contributed by atoms with van der Waals surface area (Å²) in [6.45, 7) is 12.3. The fraction of sp³-hybridized carbons (Fsp3) is 0.619. The molecule has 3 aromatic rings. The highest BCUT2D eigenvalue weighted by molar-refractivity contribution is 6.04. The van der Waals surface area contributed by atoms with E-state index in [2.05, 4.69) is 40.7 Å². The normalized spacial score (nSPS) is 32.4. The van der Waals surface area contributed by atoms with Gasteiger partial charge in [-0.05, 0) is 115 Å². The standard InChI is InChI=1S/C42H54O5/c1-26(2)9-8-10-27(3)35-17-18-36-34-15-13-28-23-30(19-21-41(28,4)37(34)20-22-42(35,36)5)46-39(43)25-45-29-14-16-32-31-11-6-7-12-33(31)40(44)47-38(32)24-29/h6-7,11-14,16,24,26-27,30,34-37H,8-10,15,17-23,25H2,1-5H3/t27-,30+,34+,35-,36+,37+,41+,42-/m1/s1. The van der Waals surface area contributed by atoms with Gasteiger partial charge in [-0.15, -0.1) is 0 Å². The number of rotatable bonds is 9. The fourth-order valence-electron chi connectivity index (χ4n) is 11.1. The summed E-state index contributed by atoms with van der Waals surface area (Å²) in [6.07, 6.45) is 16.2. The number of hydrogen-bond donors (Lipinski definition) is 0. The molecule has 252 valence electrons. The molecule has 0 spiro atoms. The molecule has 1 aromatic heterocycles. The van der Waals surface area contributed by atoms with Crippen LogP contribution in [0.15, 0.2) is 63.3 Å². The molecule has 3 saturated carbocycles. The monoisotopic (exact) mass is 638 g/mol. The van der Waals surface area contributed by atoms with E-state index in [1.807, 2.05) is 30.3 Å². The molecule has 0 unspecified atom stereocenters. The van der Waals surface area contributed by atoms with Crippen LogP contribution in [0.3, 0.4) is 0 Å². The van der Waals surface area contributed by atoms with E-state index in [1.165, 1.54) is 56.9 Å². The van der Waals surface area contributed by atoms with Gasteiger partial charge in [0.15, 0.2) is 6.61 Å². The minimum Gasteiger partial charge on any atom is -0.482 e. The van der Waals surface area contributed by atoms with Gasteiger partial charge in [0.25, 0.3) is 0 Å². The molecule has 0 aliphatic heterocycles. The Bertz CT molecular complexity index is 1720. The molecule has 3 fully saturated rings. The van der Waals surface area contributed by atoms with Crippen LogP contribution in [0.25, 0.3) is 21.7 Å². The highest BCUT2D eigenvalue weighted by Crippen LogP contribution is 2.67. The van der Waals surface area contributed by atoms with Gasteiger partial charge in [0, 0.05) is 17.9 Å². The van der Waals surface area contributed by atoms with Crippen molar-refractivity contribution in [2.75, 3.05) is 6.61 Å². The molecule has 7 rings (SSSR count). The number of carbonyl (C=O) groups excluding carboxylic acids is 1. The van der Waals surface area contributed by atoms with Crippen molar-refractivity contribution in [3.8, 4) is 5.75 Å². The van der Waals surface area contributed by atoms with Crippen LogP contribution < -0.4 is 10.4 Å². The van der Waals surface area contributed by atoms with E-state index in [0.29, 0.717) is 22.1 Å². The summed E-state index contributed by atoms with van der Waals surface area (Å²) in [4.78, 5) is 25.4. The minimum atomic E-state index is -0.380. The minimum absolute atomic E-state index is 0.0978. The first-order valence-electron chi connectivity index (χ1n) is 18.5. The Labute approximate surface area is 280 Å². The van der Waals surface area contributed by atoms with Crippen LogP contribution in [0.4, 0.5) is 0 Å². The van der Waals surface area contributed by atoms with Crippen molar-refractivity contribution in [3.05, 3.63) is 64.5 Å². The first kappa shape index (κ1) is 32.5. The van der Waals surface area contributed by atoms with Crippen LogP contribution in [0, 0.1) is 46.3 Å². The summed E-state index contributed by atoms with van der Waals surface area (Å²) in [5.41, 5.74) is 2.32. The summed E-state index contributed by atoms with van der Waals surface area (Å²) >= 11 is 0. The lowest BCUT2D eigenvalue weighted by Gasteiger charge is -2.58. The second-order valence-electron chi connectivity index (χ2n) is 16.5. The van der Waals surface area contributed by atoms with Crippen molar-refractivity contribution in [2.24, 2.45) is 46.3 Å². The number of hydrogen-bond acceptors (Lipinski definition) is 5. The van der Waals surface area contributed by atoms with Crippen molar-refractivity contribution in [1.29, 1.82) is 0 Å². The molecule has 1 heterocycles. The van der Waals surface area contributed by atoms with Gasteiger partial charge in [-0.1, -0.05) is 83.7 Å². The van der Waals surface area contributed by atoms with Crippen molar-refractivity contribution < 1.29 is 18.7 Å². The van der Waals surface area contributed by atoms with Crippen LogP contribution in [-0.2, 0) is 9.53 Å². The van der Waals surface area contributed by atoms with Crippen LogP contribution in [0.5, 0.6) is 5.75 Å². The molecule has 47 heavy (non-hydrogen) atoms. The second kappa shape index (κ2) is 12.7. The predicted octanol–water partition coefficient (Wildman–Crippen LogP) is 10.3. The SMILES string of the molecule is CC(C)CCC[C@@H](C)[C@H]1CC[C@H]2[C@@H]3CC=C4C[C@@H](OC(=O)COc5ccc6c(c5)oc(=O)c5ccccc56)CC[C@]4(C)[C@H]3CC[C@]12C. The van der Waals surface area contributed by atoms with Gasteiger partial charge in [0.05, 0.1) is 5.39 Å². The summed E-state index contributed by atoms with van der Waals surface area (Å²) in [5.74, 6) is 5.06. The molecule has 8 atom stereocenters. The summed E-state index contributed by atoms with van der Waals surface area (Å²) in [5, 5.41) is 2.23. The maximum Gasteiger partial charge on any atom is 0.344 e. The smallest absolute Gasteiger partial charge is 0.344 e. The largest absolute Gasteiger partial charge is 0.482 e. The molecule has 0 amide bonds. The highest BCUT2D eigenvalue weighted by atomic mass is 16.6. The van der Waals surface area contributed by atoms with E-state index in [9.17, 15) is 9.59 Å². The molecule has 0 saturated heterocycles. The van der Waals surface area contributed by atoms with Gasteiger partial charge in [-0.2, -0.15) is 0 Å². The zero-order chi connectivity index (χ0) is 32.9. The van der Waals surface area contributed by atoms with Gasteiger partial charge in [-0.25, -0.2) is 9.59 Å². The number of esters is 1. The number of allylic oxidation sites excluding steroid dienone is 1. The molecule has 2 aromatic carbocycles. The quantitative estimate of drug-likeness (QED) is 0.101. The summed E-state index contributed by atoms with van der Waals surface area (Å²) in [6, 6.07) is 12.8. The third kappa shape index (κ3) is 5.95. The number of benzene rings is 2. The molecular formula is C42H54O5. The Morgan fingerprint density at radius 1 is 0.936 bits per heavy atom. The lowest BCUT2D eigenvalue weighted by molar-refractivity contribution is -0.153. The third-order valence-corrected chi connectivity index (χ3v) is 13.5. The van der Waals surface area contributed by atoms with Gasteiger partial charge >= 0.3 is 11.6 Å². The average molecular weight is 639 g/mol. The van der Waals surface area contributed by atoms with Gasteiger partial charge < -0.3 is 13.9 Å². The Balaban J connectivity index is 0.961. The lowest BCUT2D eigenvalue weighted by Crippen LogP contribution is -2.51. The summed E-state index contributed by atoms with van der Waals surface area (Å²) < 4.78 is 17.4. The fourth-order valence-corrected chi connectivity index (χ4v) is 11.1. The van der Waals surface area contributed by atoms with E-state index in [0.717, 1.165) is 65.5 Å². The number of fused-ring (bicyclic) bond motifs is 8. The third-order valence-electron chi connectivity index (χ3n) is 13.5. The summed E-state index contributed by atoms with van der Waals surface area (Å²) in [7, 11) is 0. The number of ether oxygens (including phenoxy) is 2. The molecule has 5 nitrogen and oxygen atoms in total. The molecule has 0 N–H and O–H groups in total. The highest BCUT2D eigenvalue weighted by Gasteiger charge is 2.59. The van der Waals surface area contributed by atoms with Crippen LogP contribution in [-0.4, -0.2) is 18.7 Å². The van der Waals surface area contributed by atoms with Crippen LogP contribution in [0.2, 0.25) is 0 Å². The number of carbonyl (C=O) groups is 1. The first-order valence-corrected chi connectivity index (χ1v) is 18.5. The second-order valence-corrected chi connectivity index (χ2v) is 16.5. The maximum absolute atomic E-state index is 12.9. The molecule has 4 aliphatic rings. The Hall–Kier alpha value is -3.08. The molecule has 4 aliphatic carbocycles. The van der Waals surface area contributed by atoms with E-state index in [-0.39, 0.29) is 29.7 Å². The van der Waals surface area contributed by atoms with Gasteiger partial charge in [0.2, 0.25) is 0 Å². The Kier molecular flexibility index (Phi) is 8.81. The van der Waals surface area contributed by atoms with Crippen molar-refractivity contribution in [2.45, 2.75) is 111 Å². The van der Waals surface area contributed by atoms with Crippen LogP contribution >= 0.6 is 0 Å². The molecule has 0 radical (unpaired) electrons. The Morgan fingerprint density at radius 2 is 1.74 bits per heavy atom.